The number of β-amino-alcohol motifs (C(OH)–C–C–N with tert-alkyl or cyclic N) is 1. The number of methoxy groups -OCH3 is 1. The van der Waals surface area contributed by atoms with Crippen molar-refractivity contribution in [3.63, 3.8) is 0 Å². The van der Waals surface area contributed by atoms with Gasteiger partial charge in [0.2, 0.25) is 11.8 Å². The lowest BCUT2D eigenvalue weighted by Crippen LogP contribution is -2.59. The van der Waals surface area contributed by atoms with Crippen LogP contribution in [-0.2, 0) is 23.9 Å². The van der Waals surface area contributed by atoms with E-state index in [1.807, 2.05) is 0 Å². The predicted octanol–water partition coefficient (Wildman–Crippen LogP) is 1.27. The standard InChI is InChI=1S/C24H37N3O7/c1-6-14-12-24(14,21(31)33-5)26-19(29)17-11-15(28)13-27(17)20(30)18(23(2,3)4)25-22(32)34-16-9-7-8-10-16/h6,14-18,28H,1,7-13H2,2-5H3,(H,25,32)(H,26,29)/t14-,15-,17+,18-,24-/m1/s1. The molecule has 1 saturated heterocycles. The number of rotatable bonds is 7. The summed E-state index contributed by atoms with van der Waals surface area (Å²) in [6.45, 7) is 9.05. The molecule has 3 N–H and O–H groups in total. The first-order valence-electron chi connectivity index (χ1n) is 11.9. The fourth-order valence-corrected chi connectivity index (χ4v) is 4.92. The maximum atomic E-state index is 13.6. The summed E-state index contributed by atoms with van der Waals surface area (Å²) < 4.78 is 10.3. The van der Waals surface area contributed by atoms with Crippen molar-refractivity contribution in [2.45, 2.75) is 89.1 Å². The molecule has 0 spiro atoms. The SMILES string of the molecule is C=C[C@@H]1C[C@]1(NC(=O)[C@@H]1C[C@@H](O)CN1C(=O)[C@@H](NC(=O)OC1CCCC1)C(C)(C)C)C(=O)OC. The Labute approximate surface area is 200 Å². The third kappa shape index (κ3) is 5.37. The van der Waals surface area contributed by atoms with Gasteiger partial charge in [0.15, 0.2) is 0 Å². The molecular weight excluding hydrogens is 442 g/mol. The average Bonchev–Trinajstić information content (AvgIpc) is 3.07. The van der Waals surface area contributed by atoms with E-state index in [1.54, 1.807) is 26.8 Å². The zero-order valence-electron chi connectivity index (χ0n) is 20.5. The Kier molecular flexibility index (Phi) is 7.59. The van der Waals surface area contributed by atoms with E-state index in [2.05, 4.69) is 17.2 Å². The molecule has 3 aliphatic rings. The van der Waals surface area contributed by atoms with Crippen LogP contribution in [0.4, 0.5) is 4.79 Å². The molecule has 0 bridgehead atoms. The van der Waals surface area contributed by atoms with Crippen molar-refractivity contribution in [1.82, 2.24) is 15.5 Å². The summed E-state index contributed by atoms with van der Waals surface area (Å²) in [6.07, 6.45) is 3.84. The van der Waals surface area contributed by atoms with Crippen LogP contribution in [0.2, 0.25) is 0 Å². The number of esters is 1. The van der Waals surface area contributed by atoms with Gasteiger partial charge in [0.05, 0.1) is 13.2 Å². The Balaban J connectivity index is 1.74. The van der Waals surface area contributed by atoms with Crippen LogP contribution in [-0.4, -0.2) is 77.4 Å². The molecule has 0 aromatic rings. The second-order valence-electron chi connectivity index (χ2n) is 10.6. The highest BCUT2D eigenvalue weighted by atomic mass is 16.6. The molecule has 2 aliphatic carbocycles. The largest absolute Gasteiger partial charge is 0.467 e. The Hall–Kier alpha value is -2.62. The number of carbonyl (C=O) groups is 4. The lowest BCUT2D eigenvalue weighted by Gasteiger charge is -2.35. The Morgan fingerprint density at radius 2 is 1.85 bits per heavy atom. The molecule has 1 heterocycles. The number of likely N-dealkylation sites (tertiary alicyclic amines) is 1. The van der Waals surface area contributed by atoms with Crippen molar-refractivity contribution >= 4 is 23.9 Å². The summed E-state index contributed by atoms with van der Waals surface area (Å²) in [7, 11) is 1.24. The van der Waals surface area contributed by atoms with Gasteiger partial charge in [-0.05, 0) is 37.5 Å². The van der Waals surface area contributed by atoms with Crippen LogP contribution >= 0.6 is 0 Å². The second-order valence-corrected chi connectivity index (χ2v) is 10.6. The van der Waals surface area contributed by atoms with Crippen LogP contribution in [0.15, 0.2) is 12.7 Å². The maximum absolute atomic E-state index is 13.6. The summed E-state index contributed by atoms with van der Waals surface area (Å²) >= 11 is 0. The normalized spacial score (nSPS) is 29.8. The number of nitrogens with one attached hydrogen (secondary N) is 2. The number of alkyl carbamates (subject to hydrolysis) is 1. The van der Waals surface area contributed by atoms with Gasteiger partial charge in [-0.25, -0.2) is 9.59 Å². The minimum atomic E-state index is -1.21. The lowest BCUT2D eigenvalue weighted by atomic mass is 9.85. The van der Waals surface area contributed by atoms with Crippen molar-refractivity contribution in [3.05, 3.63) is 12.7 Å². The van der Waals surface area contributed by atoms with Crippen molar-refractivity contribution in [3.8, 4) is 0 Å². The molecule has 0 aromatic carbocycles. The van der Waals surface area contributed by atoms with Crippen molar-refractivity contribution in [2.75, 3.05) is 13.7 Å². The topological polar surface area (TPSA) is 134 Å². The second kappa shape index (κ2) is 9.93. The van der Waals surface area contributed by atoms with Crippen molar-refractivity contribution < 1.29 is 33.8 Å². The molecular formula is C24H37N3O7. The van der Waals surface area contributed by atoms with Gasteiger partial charge in [-0.15, -0.1) is 6.58 Å². The molecule has 3 fully saturated rings. The number of hydrogen-bond donors (Lipinski definition) is 3. The van der Waals surface area contributed by atoms with Crippen LogP contribution in [0.3, 0.4) is 0 Å². The van der Waals surface area contributed by atoms with E-state index in [0.717, 1.165) is 25.7 Å². The van der Waals surface area contributed by atoms with Crippen LogP contribution in [0.1, 0.15) is 59.3 Å². The first-order valence-corrected chi connectivity index (χ1v) is 11.9. The molecule has 1 aliphatic heterocycles. The molecule has 3 amide bonds. The predicted molar refractivity (Wildman–Crippen MR) is 122 cm³/mol. The van der Waals surface area contributed by atoms with Gasteiger partial charge in [-0.2, -0.15) is 0 Å². The Morgan fingerprint density at radius 1 is 1.21 bits per heavy atom. The van der Waals surface area contributed by atoms with E-state index in [9.17, 15) is 24.3 Å². The number of amides is 3. The first kappa shape index (κ1) is 26.0. The fraction of sp³-hybridized carbons (Fsp3) is 0.750. The lowest BCUT2D eigenvalue weighted by molar-refractivity contribution is -0.148. The van der Waals surface area contributed by atoms with E-state index in [0.29, 0.717) is 6.42 Å². The number of carbonyl (C=O) groups excluding carboxylic acids is 4. The zero-order chi connectivity index (χ0) is 25.3. The molecule has 0 unspecified atom stereocenters. The number of ether oxygens (including phenoxy) is 2. The maximum Gasteiger partial charge on any atom is 0.408 e. The third-order valence-electron chi connectivity index (χ3n) is 7.01. The number of aliphatic hydroxyl groups excluding tert-OH is 1. The van der Waals surface area contributed by atoms with Crippen molar-refractivity contribution in [2.24, 2.45) is 11.3 Å². The molecule has 5 atom stereocenters. The van der Waals surface area contributed by atoms with E-state index in [-0.39, 0.29) is 25.0 Å². The molecule has 190 valence electrons. The quantitative estimate of drug-likeness (QED) is 0.370. The van der Waals surface area contributed by atoms with Crippen molar-refractivity contribution in [1.29, 1.82) is 0 Å². The molecule has 3 rings (SSSR count). The van der Waals surface area contributed by atoms with Gasteiger partial charge in [0.25, 0.3) is 0 Å². The minimum absolute atomic E-state index is 0.0248. The van der Waals surface area contributed by atoms with E-state index in [1.165, 1.54) is 12.0 Å². The number of aliphatic hydroxyl groups is 1. The van der Waals surface area contributed by atoms with Gasteiger partial charge in [0, 0.05) is 18.9 Å². The summed E-state index contributed by atoms with van der Waals surface area (Å²) in [5, 5.41) is 15.7. The molecule has 2 saturated carbocycles. The van der Waals surface area contributed by atoms with Gasteiger partial charge >= 0.3 is 12.1 Å². The molecule has 10 heteroatoms. The highest BCUT2D eigenvalue weighted by molar-refractivity contribution is 5.96. The highest BCUT2D eigenvalue weighted by Crippen LogP contribution is 2.45. The molecule has 0 aromatic heterocycles. The first-order chi connectivity index (χ1) is 15.9. The molecule has 34 heavy (non-hydrogen) atoms. The van der Waals surface area contributed by atoms with Crippen LogP contribution in [0, 0.1) is 11.3 Å². The summed E-state index contributed by atoms with van der Waals surface area (Å²) in [5.74, 6) is -1.89. The van der Waals surface area contributed by atoms with Crippen LogP contribution in [0.5, 0.6) is 0 Å². The smallest absolute Gasteiger partial charge is 0.408 e. The van der Waals surface area contributed by atoms with Gasteiger partial charge in [-0.1, -0.05) is 26.8 Å². The van der Waals surface area contributed by atoms with E-state index >= 15 is 0 Å². The Morgan fingerprint density at radius 3 is 2.38 bits per heavy atom. The summed E-state index contributed by atoms with van der Waals surface area (Å²) in [5.41, 5.74) is -1.89. The monoisotopic (exact) mass is 479 g/mol. The van der Waals surface area contributed by atoms with E-state index < -0.39 is 53.0 Å². The fourth-order valence-electron chi connectivity index (χ4n) is 4.92. The van der Waals surface area contributed by atoms with Crippen LogP contribution in [0.25, 0.3) is 0 Å². The number of hydrogen-bond acceptors (Lipinski definition) is 7. The average molecular weight is 480 g/mol. The van der Waals surface area contributed by atoms with Gasteiger partial charge < -0.3 is 30.1 Å². The van der Waals surface area contributed by atoms with Crippen LogP contribution < -0.4 is 10.6 Å². The number of nitrogens with zero attached hydrogens (tertiary/aromatic N) is 1. The zero-order valence-corrected chi connectivity index (χ0v) is 20.5. The van der Waals surface area contributed by atoms with E-state index in [4.69, 9.17) is 9.47 Å². The minimum Gasteiger partial charge on any atom is -0.467 e. The highest BCUT2D eigenvalue weighted by Gasteiger charge is 2.62. The van der Waals surface area contributed by atoms with Gasteiger partial charge in [0.1, 0.15) is 23.7 Å². The molecule has 10 nitrogen and oxygen atoms in total. The summed E-state index contributed by atoms with van der Waals surface area (Å²) in [4.78, 5) is 52.9. The summed E-state index contributed by atoms with van der Waals surface area (Å²) in [6, 6.07) is -1.97. The third-order valence-corrected chi connectivity index (χ3v) is 7.01. The Bertz CT molecular complexity index is 833. The molecule has 0 radical (unpaired) electrons. The van der Waals surface area contributed by atoms with Gasteiger partial charge in [-0.3, -0.25) is 9.59 Å².